The number of quaternary nitrogens is 1. The van der Waals surface area contributed by atoms with Gasteiger partial charge in [-0.05, 0) is 77.0 Å². The van der Waals surface area contributed by atoms with Crippen LogP contribution in [0.4, 0.5) is 0 Å². The molecule has 0 N–H and O–H groups in total. The maximum Gasteiger partial charge on any atom is 0.306 e. The van der Waals surface area contributed by atoms with Gasteiger partial charge in [-0.1, -0.05) is 281 Å². The van der Waals surface area contributed by atoms with E-state index in [4.69, 9.17) is 18.5 Å². The Morgan fingerprint density at radius 2 is 0.692 bits per heavy atom. The van der Waals surface area contributed by atoms with Gasteiger partial charge in [-0.3, -0.25) is 14.2 Å². The lowest BCUT2D eigenvalue weighted by molar-refractivity contribution is -0.870. The van der Waals surface area contributed by atoms with Crippen LogP contribution in [0.15, 0.2) is 48.6 Å². The van der Waals surface area contributed by atoms with Crippen molar-refractivity contribution >= 4 is 19.8 Å². The monoisotopic (exact) mass is 1120 g/mol. The average Bonchev–Trinajstić information content (AvgIpc) is 3.40. The summed E-state index contributed by atoms with van der Waals surface area (Å²) in [5.41, 5.74) is 0. The SMILES string of the molecule is CCCCCCC/C=C\C/C=C\C/C=C\CCCCCCCCCCC(=O)OC(COC(=O)CCCCCCCCCCCCCCCCCCCCC/C=C\CCCCCCCCCC)COP(=O)([O-])OCC[N+](C)(C)C. The molecule has 0 saturated heterocycles. The predicted octanol–water partition coefficient (Wildman–Crippen LogP) is 20.6. The summed E-state index contributed by atoms with van der Waals surface area (Å²) in [6.45, 7) is 4.27. The van der Waals surface area contributed by atoms with E-state index >= 15 is 0 Å². The second-order valence-corrected chi connectivity index (χ2v) is 25.2. The van der Waals surface area contributed by atoms with Crippen molar-refractivity contribution in [1.82, 2.24) is 0 Å². The third-order valence-corrected chi connectivity index (χ3v) is 15.8. The molecule has 0 heterocycles. The molecule has 0 aliphatic rings. The highest BCUT2D eigenvalue weighted by Gasteiger charge is 2.22. The molecule has 10 heteroatoms. The van der Waals surface area contributed by atoms with Crippen LogP contribution >= 0.6 is 7.82 Å². The van der Waals surface area contributed by atoms with E-state index in [0.717, 1.165) is 57.8 Å². The van der Waals surface area contributed by atoms with E-state index in [1.165, 1.54) is 231 Å². The second-order valence-electron chi connectivity index (χ2n) is 23.8. The standard InChI is InChI=1S/C68H128NO8P/c1-6-8-10-12-14-16-18-20-22-24-26-28-30-31-32-33-34-35-36-37-39-40-42-44-46-48-50-52-54-56-58-60-67(70)74-64-66(65-76-78(72,73)75-63-62-69(3,4)5)77-68(71)61-59-57-55-53-51-49-47-45-43-41-38-29-27-25-23-21-19-17-15-13-11-9-7-2/h19,21,24-27,38,41,66H,6-18,20,22-23,28-37,39-40,42-65H2,1-5H3/b21-19-,26-24-,27-25-,41-38-. The maximum absolute atomic E-state index is 12.8. The Bertz CT molecular complexity index is 1460. The number of carbonyl (C=O) groups excluding carboxylic acids is 2. The first kappa shape index (κ1) is 76.0. The number of unbranched alkanes of at least 4 members (excludes halogenated alkanes) is 40. The minimum Gasteiger partial charge on any atom is -0.756 e. The normalized spacial score (nSPS) is 13.5. The number of esters is 2. The fraction of sp³-hybridized carbons (Fsp3) is 0.853. The van der Waals surface area contributed by atoms with E-state index in [1.54, 1.807) is 0 Å². The highest BCUT2D eigenvalue weighted by atomic mass is 31.2. The molecule has 0 aliphatic carbocycles. The molecule has 0 aromatic carbocycles. The van der Waals surface area contributed by atoms with Crippen molar-refractivity contribution in [1.29, 1.82) is 0 Å². The lowest BCUT2D eigenvalue weighted by atomic mass is 10.0. The first-order valence-electron chi connectivity index (χ1n) is 33.3. The van der Waals surface area contributed by atoms with Crippen LogP contribution < -0.4 is 4.89 Å². The first-order chi connectivity index (χ1) is 38.0. The average molecular weight is 1120 g/mol. The van der Waals surface area contributed by atoms with Crippen molar-refractivity contribution in [3.63, 3.8) is 0 Å². The molecule has 0 bridgehead atoms. The number of likely N-dealkylation sites (N-methyl/N-ethyl adjacent to an activating group) is 1. The van der Waals surface area contributed by atoms with Gasteiger partial charge in [0.25, 0.3) is 7.82 Å². The van der Waals surface area contributed by atoms with Crippen LogP contribution in [0.5, 0.6) is 0 Å². The molecule has 0 spiro atoms. The third kappa shape index (κ3) is 63.2. The summed E-state index contributed by atoms with van der Waals surface area (Å²) in [6.07, 6.45) is 76.1. The molecule has 2 atom stereocenters. The van der Waals surface area contributed by atoms with E-state index in [0.29, 0.717) is 17.4 Å². The van der Waals surface area contributed by atoms with Crippen LogP contribution in [0.1, 0.15) is 322 Å². The third-order valence-electron chi connectivity index (χ3n) is 14.8. The molecule has 0 radical (unpaired) electrons. The number of nitrogens with zero attached hydrogens (tertiary/aromatic N) is 1. The Morgan fingerprint density at radius 3 is 1.04 bits per heavy atom. The summed E-state index contributed by atoms with van der Waals surface area (Å²) in [5.74, 6) is -0.828. The van der Waals surface area contributed by atoms with Crippen LogP contribution in [0.2, 0.25) is 0 Å². The fourth-order valence-corrected chi connectivity index (χ4v) is 10.4. The van der Waals surface area contributed by atoms with Gasteiger partial charge in [-0.25, -0.2) is 0 Å². The number of carbonyl (C=O) groups is 2. The van der Waals surface area contributed by atoms with Crippen LogP contribution in [0.3, 0.4) is 0 Å². The number of phosphoric ester groups is 1. The number of rotatable bonds is 62. The van der Waals surface area contributed by atoms with E-state index in [2.05, 4.69) is 62.5 Å². The Kier molecular flexibility index (Phi) is 58.0. The van der Waals surface area contributed by atoms with Gasteiger partial charge in [-0.2, -0.15) is 0 Å². The summed E-state index contributed by atoms with van der Waals surface area (Å²) in [4.78, 5) is 38.0. The highest BCUT2D eigenvalue weighted by Crippen LogP contribution is 2.38. The molecule has 0 rings (SSSR count). The Hall–Kier alpha value is -2.03. The van der Waals surface area contributed by atoms with Crippen molar-refractivity contribution in [2.24, 2.45) is 0 Å². The highest BCUT2D eigenvalue weighted by molar-refractivity contribution is 7.45. The van der Waals surface area contributed by atoms with Crippen molar-refractivity contribution in [2.45, 2.75) is 328 Å². The predicted molar refractivity (Wildman–Crippen MR) is 333 cm³/mol. The van der Waals surface area contributed by atoms with E-state index in [9.17, 15) is 19.0 Å². The van der Waals surface area contributed by atoms with Gasteiger partial charge in [0.15, 0.2) is 6.10 Å². The molecule has 0 aromatic heterocycles. The van der Waals surface area contributed by atoms with Crippen LogP contribution in [0.25, 0.3) is 0 Å². The van der Waals surface area contributed by atoms with Gasteiger partial charge < -0.3 is 27.9 Å². The van der Waals surface area contributed by atoms with Gasteiger partial charge in [-0.15, -0.1) is 0 Å². The zero-order valence-electron chi connectivity index (χ0n) is 52.1. The van der Waals surface area contributed by atoms with Crippen LogP contribution in [-0.2, 0) is 32.7 Å². The molecule has 458 valence electrons. The number of hydrogen-bond acceptors (Lipinski definition) is 8. The van der Waals surface area contributed by atoms with Crippen LogP contribution in [-0.4, -0.2) is 70.0 Å². The summed E-state index contributed by atoms with van der Waals surface area (Å²) in [7, 11) is 1.17. The molecule has 9 nitrogen and oxygen atoms in total. The number of phosphoric acid groups is 1. The molecule has 0 amide bonds. The molecular weight excluding hydrogens is 990 g/mol. The number of hydrogen-bond donors (Lipinski definition) is 0. The summed E-state index contributed by atoms with van der Waals surface area (Å²) < 4.78 is 34.3. The van der Waals surface area contributed by atoms with Crippen molar-refractivity contribution < 1.29 is 42.1 Å². The van der Waals surface area contributed by atoms with Gasteiger partial charge in [0.1, 0.15) is 19.8 Å². The van der Waals surface area contributed by atoms with Gasteiger partial charge in [0.2, 0.25) is 0 Å². The summed E-state index contributed by atoms with van der Waals surface area (Å²) >= 11 is 0. The van der Waals surface area contributed by atoms with Crippen molar-refractivity contribution in [2.75, 3.05) is 47.5 Å². The molecule has 0 aliphatic heterocycles. The molecule has 2 unspecified atom stereocenters. The molecular formula is C68H128NO8P. The molecule has 0 saturated carbocycles. The van der Waals surface area contributed by atoms with Gasteiger partial charge in [0.05, 0.1) is 27.7 Å². The molecule has 78 heavy (non-hydrogen) atoms. The molecule has 0 aromatic rings. The quantitative estimate of drug-likeness (QED) is 0.0195. The Labute approximate surface area is 484 Å². The Morgan fingerprint density at radius 1 is 0.397 bits per heavy atom. The first-order valence-corrected chi connectivity index (χ1v) is 34.8. The van der Waals surface area contributed by atoms with E-state index in [-0.39, 0.29) is 32.0 Å². The zero-order valence-corrected chi connectivity index (χ0v) is 53.0. The minimum atomic E-state index is -4.64. The van der Waals surface area contributed by atoms with Gasteiger partial charge >= 0.3 is 11.9 Å². The number of allylic oxidation sites excluding steroid dienone is 8. The zero-order chi connectivity index (χ0) is 57.0. The lowest BCUT2D eigenvalue weighted by Gasteiger charge is -2.28. The van der Waals surface area contributed by atoms with Gasteiger partial charge in [0, 0.05) is 12.8 Å². The minimum absolute atomic E-state index is 0.0320. The fourth-order valence-electron chi connectivity index (χ4n) is 9.66. The lowest BCUT2D eigenvalue weighted by Crippen LogP contribution is -2.37. The topological polar surface area (TPSA) is 111 Å². The van der Waals surface area contributed by atoms with Crippen molar-refractivity contribution in [3.8, 4) is 0 Å². The summed E-state index contributed by atoms with van der Waals surface area (Å²) in [5, 5.41) is 0. The number of ether oxygens (including phenoxy) is 2. The molecule has 0 fully saturated rings. The largest absolute Gasteiger partial charge is 0.756 e. The second kappa shape index (κ2) is 59.6. The maximum atomic E-state index is 12.8. The van der Waals surface area contributed by atoms with E-state index in [1.807, 2.05) is 21.1 Å². The smallest absolute Gasteiger partial charge is 0.306 e. The van der Waals surface area contributed by atoms with Crippen molar-refractivity contribution in [3.05, 3.63) is 48.6 Å². The van der Waals surface area contributed by atoms with E-state index < -0.39 is 26.5 Å². The summed E-state index contributed by atoms with van der Waals surface area (Å²) in [6, 6.07) is 0. The Balaban J connectivity index is 4.04. The van der Waals surface area contributed by atoms with Crippen LogP contribution in [0, 0.1) is 0 Å².